The summed E-state index contributed by atoms with van der Waals surface area (Å²) < 4.78 is 5.39. The Labute approximate surface area is 184 Å². The highest BCUT2D eigenvalue weighted by Gasteiger charge is 2.33. The molecular formula is C22H21N3O3S2. The summed E-state index contributed by atoms with van der Waals surface area (Å²) in [5, 5.41) is 1.12. The van der Waals surface area contributed by atoms with Gasteiger partial charge in [-0.3, -0.25) is 15.0 Å². The van der Waals surface area contributed by atoms with E-state index in [1.165, 1.54) is 30.3 Å². The molecule has 8 heteroatoms. The summed E-state index contributed by atoms with van der Waals surface area (Å²) in [6.07, 6.45) is 4.26. The molecule has 0 radical (unpaired) electrons. The van der Waals surface area contributed by atoms with Crippen molar-refractivity contribution in [1.82, 2.24) is 10.4 Å². The maximum absolute atomic E-state index is 12.8. The second kappa shape index (κ2) is 8.89. The lowest BCUT2D eigenvalue weighted by Crippen LogP contribution is -2.44. The Morgan fingerprint density at radius 1 is 1.10 bits per heavy atom. The topological polar surface area (TPSA) is 61.9 Å². The summed E-state index contributed by atoms with van der Waals surface area (Å²) in [7, 11) is 1.56. The van der Waals surface area contributed by atoms with Crippen LogP contribution in [0.3, 0.4) is 0 Å². The molecule has 0 aliphatic carbocycles. The number of ether oxygens (including phenoxy) is 1. The summed E-state index contributed by atoms with van der Waals surface area (Å²) in [5.74, 6) is -0.100. The minimum Gasteiger partial charge on any atom is -0.497 e. The average Bonchev–Trinajstić information content (AvgIpc) is 3.39. The second-order valence-electron chi connectivity index (χ2n) is 6.97. The number of anilines is 1. The molecular weight excluding hydrogens is 418 g/mol. The number of thioether (sulfide) groups is 1. The van der Waals surface area contributed by atoms with Crippen molar-refractivity contribution < 1.29 is 14.3 Å². The van der Waals surface area contributed by atoms with E-state index in [9.17, 15) is 9.59 Å². The number of methoxy groups -OCH3 is 1. The molecule has 30 heavy (non-hydrogen) atoms. The molecule has 2 aliphatic rings. The van der Waals surface area contributed by atoms with Crippen LogP contribution in [0.1, 0.15) is 28.8 Å². The fourth-order valence-electron chi connectivity index (χ4n) is 3.38. The van der Waals surface area contributed by atoms with E-state index in [1.807, 2.05) is 12.1 Å². The van der Waals surface area contributed by atoms with Gasteiger partial charge in [-0.25, -0.2) is 0 Å². The van der Waals surface area contributed by atoms with E-state index in [1.54, 1.807) is 37.5 Å². The quantitative estimate of drug-likeness (QED) is 0.564. The first-order valence-electron chi connectivity index (χ1n) is 9.63. The van der Waals surface area contributed by atoms with Crippen molar-refractivity contribution in [3.63, 3.8) is 0 Å². The molecule has 0 aromatic heterocycles. The smallest absolute Gasteiger partial charge is 0.285 e. The van der Waals surface area contributed by atoms with Crippen molar-refractivity contribution in [3.8, 4) is 5.75 Å². The zero-order valence-corrected chi connectivity index (χ0v) is 18.1. The van der Waals surface area contributed by atoms with Gasteiger partial charge in [0.15, 0.2) is 4.32 Å². The number of amides is 2. The van der Waals surface area contributed by atoms with Gasteiger partial charge < -0.3 is 9.64 Å². The van der Waals surface area contributed by atoms with Gasteiger partial charge >= 0.3 is 0 Å². The largest absolute Gasteiger partial charge is 0.497 e. The molecule has 0 saturated carbocycles. The van der Waals surface area contributed by atoms with Gasteiger partial charge in [0.25, 0.3) is 11.8 Å². The van der Waals surface area contributed by atoms with Crippen LogP contribution in [0, 0.1) is 0 Å². The lowest BCUT2D eigenvalue weighted by atomic mass is 10.2. The molecule has 2 aromatic rings. The highest BCUT2D eigenvalue weighted by Crippen LogP contribution is 2.32. The number of nitrogens with one attached hydrogen (secondary N) is 1. The van der Waals surface area contributed by atoms with Crippen LogP contribution in [0.25, 0.3) is 6.08 Å². The van der Waals surface area contributed by atoms with E-state index in [0.717, 1.165) is 23.7 Å². The Hall–Kier alpha value is -2.84. The van der Waals surface area contributed by atoms with E-state index in [2.05, 4.69) is 22.5 Å². The summed E-state index contributed by atoms with van der Waals surface area (Å²) in [6, 6.07) is 14.8. The van der Waals surface area contributed by atoms with E-state index >= 15 is 0 Å². The number of carbonyl (C=O) groups excluding carboxylic acids is 2. The number of nitrogens with zero attached hydrogens (tertiary/aromatic N) is 2. The predicted octanol–water partition coefficient (Wildman–Crippen LogP) is 3.84. The Morgan fingerprint density at radius 2 is 1.77 bits per heavy atom. The maximum Gasteiger partial charge on any atom is 0.285 e. The van der Waals surface area contributed by atoms with Crippen LogP contribution in [0.2, 0.25) is 0 Å². The number of hydrogen-bond donors (Lipinski definition) is 1. The Morgan fingerprint density at radius 3 is 2.40 bits per heavy atom. The van der Waals surface area contributed by atoms with Crippen molar-refractivity contribution >= 4 is 51.9 Å². The standard InChI is InChI=1S/C22H21N3O3S2/c1-28-18-10-6-16(7-11-18)20(26)23-25-21(27)19(30-22(25)29)14-15-4-8-17(9-5-15)24-12-2-3-13-24/h4-11,14H,2-3,12-13H2,1H3,(H,23,26)/b19-14+. The predicted molar refractivity (Wildman–Crippen MR) is 123 cm³/mol. The third kappa shape index (κ3) is 4.34. The van der Waals surface area contributed by atoms with E-state index in [0.29, 0.717) is 20.5 Å². The van der Waals surface area contributed by atoms with Crippen molar-refractivity contribution in [2.75, 3.05) is 25.1 Å². The molecule has 6 nitrogen and oxygen atoms in total. The lowest BCUT2D eigenvalue weighted by Gasteiger charge is -2.17. The molecule has 2 amide bonds. The van der Waals surface area contributed by atoms with Crippen LogP contribution in [0.15, 0.2) is 53.4 Å². The SMILES string of the molecule is COc1ccc(C(=O)NN2C(=O)/C(=C\c3ccc(N4CCCC4)cc3)SC2=S)cc1. The molecule has 0 bridgehead atoms. The second-order valence-corrected chi connectivity index (χ2v) is 8.65. The summed E-state index contributed by atoms with van der Waals surface area (Å²) >= 11 is 6.47. The molecule has 0 spiro atoms. The monoisotopic (exact) mass is 439 g/mol. The fourth-order valence-corrected chi connectivity index (χ4v) is 4.56. The van der Waals surface area contributed by atoms with E-state index in [4.69, 9.17) is 17.0 Å². The third-order valence-electron chi connectivity index (χ3n) is 5.02. The number of hydrogen-bond acceptors (Lipinski definition) is 6. The molecule has 4 rings (SSSR count). The number of carbonyl (C=O) groups is 2. The first-order valence-corrected chi connectivity index (χ1v) is 10.9. The molecule has 2 saturated heterocycles. The maximum atomic E-state index is 12.8. The van der Waals surface area contributed by atoms with Gasteiger partial charge in [-0.15, -0.1) is 0 Å². The van der Waals surface area contributed by atoms with Crippen LogP contribution in [-0.4, -0.2) is 41.3 Å². The van der Waals surface area contributed by atoms with Gasteiger partial charge in [-0.2, -0.15) is 5.01 Å². The highest BCUT2D eigenvalue weighted by atomic mass is 32.2. The normalized spacial score (nSPS) is 17.7. The Balaban J connectivity index is 1.44. The molecule has 2 aliphatic heterocycles. The van der Waals surface area contributed by atoms with Gasteiger partial charge in [0.1, 0.15) is 5.75 Å². The van der Waals surface area contributed by atoms with Crippen LogP contribution in [0.4, 0.5) is 5.69 Å². The lowest BCUT2D eigenvalue weighted by molar-refractivity contribution is -0.123. The first-order chi connectivity index (χ1) is 14.5. The van der Waals surface area contributed by atoms with Crippen molar-refractivity contribution in [1.29, 1.82) is 0 Å². The van der Waals surface area contributed by atoms with Crippen LogP contribution >= 0.6 is 24.0 Å². The Kier molecular flexibility index (Phi) is 6.06. The van der Waals surface area contributed by atoms with E-state index in [-0.39, 0.29) is 5.91 Å². The van der Waals surface area contributed by atoms with Gasteiger partial charge in [0, 0.05) is 24.3 Å². The highest BCUT2D eigenvalue weighted by molar-refractivity contribution is 8.26. The number of thiocarbonyl (C=S) groups is 1. The van der Waals surface area contributed by atoms with E-state index < -0.39 is 5.91 Å². The summed E-state index contributed by atoms with van der Waals surface area (Å²) in [6.45, 7) is 2.18. The Bertz CT molecular complexity index is 997. The van der Waals surface area contributed by atoms with Crippen LogP contribution in [-0.2, 0) is 4.79 Å². The molecule has 0 unspecified atom stereocenters. The number of benzene rings is 2. The molecule has 2 aromatic carbocycles. The summed E-state index contributed by atoms with van der Waals surface area (Å²) in [5.41, 5.74) is 5.11. The zero-order valence-electron chi connectivity index (χ0n) is 16.5. The number of rotatable bonds is 5. The van der Waals surface area contributed by atoms with Crippen molar-refractivity contribution in [2.45, 2.75) is 12.8 Å². The molecule has 0 atom stereocenters. The minimum atomic E-state index is -0.412. The molecule has 2 fully saturated rings. The molecule has 154 valence electrons. The fraction of sp³-hybridized carbons (Fsp3) is 0.227. The van der Waals surface area contributed by atoms with Crippen molar-refractivity contribution in [2.24, 2.45) is 0 Å². The molecule has 1 N–H and O–H groups in total. The minimum absolute atomic E-state index is 0.293. The van der Waals surface area contributed by atoms with Gasteiger partial charge in [0.05, 0.1) is 12.0 Å². The van der Waals surface area contributed by atoms with Gasteiger partial charge in [-0.05, 0) is 73.1 Å². The van der Waals surface area contributed by atoms with Crippen molar-refractivity contribution in [3.05, 3.63) is 64.6 Å². The van der Waals surface area contributed by atoms with Crippen LogP contribution < -0.4 is 15.1 Å². The summed E-state index contributed by atoms with van der Waals surface area (Å²) in [4.78, 5) is 28.1. The van der Waals surface area contributed by atoms with Gasteiger partial charge in [-0.1, -0.05) is 23.9 Å². The molecule has 2 heterocycles. The van der Waals surface area contributed by atoms with Gasteiger partial charge in [0.2, 0.25) is 0 Å². The average molecular weight is 440 g/mol. The number of hydrazine groups is 1. The van der Waals surface area contributed by atoms with Crippen LogP contribution in [0.5, 0.6) is 5.75 Å². The zero-order chi connectivity index (χ0) is 21.1. The first kappa shape index (κ1) is 20.4. The third-order valence-corrected chi connectivity index (χ3v) is 6.32.